The van der Waals surface area contributed by atoms with Gasteiger partial charge in [0.1, 0.15) is 5.60 Å². The normalized spacial score (nSPS) is 33.5. The van der Waals surface area contributed by atoms with Crippen molar-refractivity contribution in [3.8, 4) is 0 Å². The molecule has 100 valence electrons. The molecule has 5 heteroatoms. The highest BCUT2D eigenvalue weighted by Gasteiger charge is 2.49. The van der Waals surface area contributed by atoms with Gasteiger partial charge in [-0.3, -0.25) is 4.79 Å². The van der Waals surface area contributed by atoms with Crippen molar-refractivity contribution in [2.45, 2.75) is 38.8 Å². The zero-order valence-corrected chi connectivity index (χ0v) is 10.8. The van der Waals surface area contributed by atoms with Gasteiger partial charge in [0.25, 0.3) is 0 Å². The van der Waals surface area contributed by atoms with Gasteiger partial charge in [0.15, 0.2) is 0 Å². The SMILES string of the molecule is CC(C)(C)OC(=O)N[C@@H]1[C@@H](C(=O)O)[C@H]2C=C[C@@H]1C2. The van der Waals surface area contributed by atoms with Gasteiger partial charge >= 0.3 is 12.1 Å². The molecular weight excluding hydrogens is 234 g/mol. The van der Waals surface area contributed by atoms with Gasteiger partial charge in [-0.05, 0) is 39.0 Å². The van der Waals surface area contributed by atoms with Crippen LogP contribution in [0.3, 0.4) is 0 Å². The van der Waals surface area contributed by atoms with E-state index >= 15 is 0 Å². The fourth-order valence-corrected chi connectivity index (χ4v) is 2.80. The highest BCUT2D eigenvalue weighted by atomic mass is 16.6. The van der Waals surface area contributed by atoms with Gasteiger partial charge in [-0.1, -0.05) is 12.2 Å². The molecule has 0 heterocycles. The predicted octanol–water partition coefficient (Wildman–Crippen LogP) is 1.79. The summed E-state index contributed by atoms with van der Waals surface area (Å²) in [5.74, 6) is -1.24. The van der Waals surface area contributed by atoms with Gasteiger partial charge in [0, 0.05) is 0 Å². The van der Waals surface area contributed by atoms with Crippen molar-refractivity contribution in [2.75, 3.05) is 0 Å². The molecule has 0 aromatic carbocycles. The zero-order valence-electron chi connectivity index (χ0n) is 10.8. The third-order valence-corrected chi connectivity index (χ3v) is 3.43. The Labute approximate surface area is 106 Å². The van der Waals surface area contributed by atoms with E-state index in [0.29, 0.717) is 0 Å². The molecule has 0 saturated heterocycles. The van der Waals surface area contributed by atoms with Gasteiger partial charge in [-0.25, -0.2) is 4.79 Å². The smallest absolute Gasteiger partial charge is 0.407 e. The van der Waals surface area contributed by atoms with Crippen molar-refractivity contribution in [3.05, 3.63) is 12.2 Å². The summed E-state index contributed by atoms with van der Waals surface area (Å²) in [5.41, 5.74) is -0.573. The van der Waals surface area contributed by atoms with Crippen LogP contribution in [0.1, 0.15) is 27.2 Å². The lowest BCUT2D eigenvalue weighted by atomic mass is 9.89. The Bertz CT molecular complexity index is 396. The van der Waals surface area contributed by atoms with E-state index in [-0.39, 0.29) is 17.9 Å². The Balaban J connectivity index is 2.02. The van der Waals surface area contributed by atoms with Crippen LogP contribution in [0.4, 0.5) is 4.79 Å². The minimum absolute atomic E-state index is 0.0347. The maximum atomic E-state index is 11.7. The number of nitrogens with one attached hydrogen (secondary N) is 1. The van der Waals surface area contributed by atoms with Crippen LogP contribution in [0.25, 0.3) is 0 Å². The fraction of sp³-hybridized carbons (Fsp3) is 0.692. The number of carbonyl (C=O) groups is 2. The van der Waals surface area contributed by atoms with Crippen molar-refractivity contribution in [1.82, 2.24) is 5.32 Å². The topological polar surface area (TPSA) is 75.6 Å². The van der Waals surface area contributed by atoms with E-state index in [1.807, 2.05) is 12.2 Å². The zero-order chi connectivity index (χ0) is 13.5. The Kier molecular flexibility index (Phi) is 3.09. The van der Waals surface area contributed by atoms with Crippen LogP contribution in [0.5, 0.6) is 0 Å². The summed E-state index contributed by atoms with van der Waals surface area (Å²) in [4.78, 5) is 23.0. The first kappa shape index (κ1) is 12.9. The Morgan fingerprint density at radius 2 is 1.89 bits per heavy atom. The standard InChI is InChI=1S/C13H19NO4/c1-13(2,3)18-12(17)14-10-8-5-4-7(6-8)9(10)11(15)16/h4-5,7-10H,6H2,1-3H3,(H,14,17)(H,15,16)/t7-,8+,9-,10-/m0/s1. The number of aliphatic carboxylic acids is 1. The van der Waals surface area contributed by atoms with E-state index in [1.54, 1.807) is 20.8 Å². The summed E-state index contributed by atoms with van der Waals surface area (Å²) >= 11 is 0. The molecule has 2 bridgehead atoms. The number of carbonyl (C=O) groups excluding carboxylic acids is 1. The first-order valence-electron chi connectivity index (χ1n) is 6.18. The first-order valence-corrected chi connectivity index (χ1v) is 6.18. The summed E-state index contributed by atoms with van der Waals surface area (Å²) in [6.07, 6.45) is 4.19. The van der Waals surface area contributed by atoms with E-state index in [9.17, 15) is 14.7 Å². The number of alkyl carbamates (subject to hydrolysis) is 1. The number of carboxylic acid groups (broad SMARTS) is 1. The number of carboxylic acids is 1. The fourth-order valence-electron chi connectivity index (χ4n) is 2.80. The molecule has 0 radical (unpaired) electrons. The van der Waals surface area contributed by atoms with E-state index in [4.69, 9.17) is 4.74 Å². The van der Waals surface area contributed by atoms with Gasteiger partial charge in [-0.2, -0.15) is 0 Å². The molecule has 1 fully saturated rings. The second-order valence-corrected chi connectivity index (χ2v) is 5.98. The van der Waals surface area contributed by atoms with Crippen LogP contribution in [0.15, 0.2) is 12.2 Å². The lowest BCUT2D eigenvalue weighted by Gasteiger charge is -2.27. The van der Waals surface area contributed by atoms with Crippen molar-refractivity contribution in [2.24, 2.45) is 17.8 Å². The maximum absolute atomic E-state index is 11.7. The molecule has 1 saturated carbocycles. The Hall–Kier alpha value is -1.52. The summed E-state index contributed by atoms with van der Waals surface area (Å²) in [7, 11) is 0. The molecule has 1 amide bonds. The van der Waals surface area contributed by atoms with Crippen LogP contribution in [0.2, 0.25) is 0 Å². The molecule has 2 aliphatic rings. The van der Waals surface area contributed by atoms with Gasteiger partial charge in [0.05, 0.1) is 12.0 Å². The largest absolute Gasteiger partial charge is 0.481 e. The number of hydrogen-bond donors (Lipinski definition) is 2. The van der Waals surface area contributed by atoms with Crippen molar-refractivity contribution >= 4 is 12.1 Å². The highest BCUT2D eigenvalue weighted by Crippen LogP contribution is 2.43. The van der Waals surface area contributed by atoms with E-state index in [0.717, 1.165) is 6.42 Å². The summed E-state index contributed by atoms with van der Waals surface area (Å²) in [5, 5.41) is 11.9. The van der Waals surface area contributed by atoms with Crippen molar-refractivity contribution < 1.29 is 19.4 Å². The lowest BCUT2D eigenvalue weighted by Crippen LogP contribution is -2.47. The third kappa shape index (κ3) is 2.49. The average Bonchev–Trinajstić information content (AvgIpc) is 2.73. The van der Waals surface area contributed by atoms with Crippen molar-refractivity contribution in [1.29, 1.82) is 0 Å². The number of rotatable bonds is 2. The molecule has 0 aliphatic heterocycles. The predicted molar refractivity (Wildman–Crippen MR) is 65.0 cm³/mol. The third-order valence-electron chi connectivity index (χ3n) is 3.43. The summed E-state index contributed by atoms with van der Waals surface area (Å²) < 4.78 is 5.17. The Morgan fingerprint density at radius 3 is 2.44 bits per heavy atom. The van der Waals surface area contributed by atoms with Crippen LogP contribution in [0, 0.1) is 17.8 Å². The Morgan fingerprint density at radius 1 is 1.28 bits per heavy atom. The second-order valence-electron chi connectivity index (χ2n) is 5.98. The van der Waals surface area contributed by atoms with Crippen LogP contribution >= 0.6 is 0 Å². The second kappa shape index (κ2) is 4.30. The number of ether oxygens (including phenoxy) is 1. The minimum Gasteiger partial charge on any atom is -0.481 e. The molecule has 0 unspecified atom stereocenters. The lowest BCUT2D eigenvalue weighted by molar-refractivity contribution is -0.143. The van der Waals surface area contributed by atoms with Crippen LogP contribution < -0.4 is 5.32 Å². The van der Waals surface area contributed by atoms with Gasteiger partial charge in [-0.15, -0.1) is 0 Å². The van der Waals surface area contributed by atoms with Crippen LogP contribution in [-0.2, 0) is 9.53 Å². The molecular formula is C13H19NO4. The molecule has 2 N–H and O–H groups in total. The molecule has 0 aromatic heterocycles. The molecule has 2 aliphatic carbocycles. The van der Waals surface area contributed by atoms with E-state index in [1.165, 1.54) is 0 Å². The number of hydrogen-bond acceptors (Lipinski definition) is 3. The first-order chi connectivity index (χ1) is 8.28. The highest BCUT2D eigenvalue weighted by molar-refractivity contribution is 5.75. The van der Waals surface area contributed by atoms with E-state index < -0.39 is 23.6 Å². The molecule has 0 spiro atoms. The van der Waals surface area contributed by atoms with Crippen LogP contribution in [-0.4, -0.2) is 28.8 Å². The molecule has 0 aromatic rings. The van der Waals surface area contributed by atoms with Gasteiger partial charge in [0.2, 0.25) is 0 Å². The van der Waals surface area contributed by atoms with Gasteiger partial charge < -0.3 is 15.2 Å². The monoisotopic (exact) mass is 253 g/mol. The molecule has 2 rings (SSSR count). The average molecular weight is 253 g/mol. The minimum atomic E-state index is -0.854. The molecule has 5 nitrogen and oxygen atoms in total. The summed E-state index contributed by atoms with van der Waals surface area (Å²) in [6.45, 7) is 5.34. The number of allylic oxidation sites excluding steroid dienone is 1. The number of amides is 1. The number of fused-ring (bicyclic) bond motifs is 2. The molecule has 4 atom stereocenters. The summed E-state index contributed by atoms with van der Waals surface area (Å²) in [6, 6.07) is -0.354. The molecule has 18 heavy (non-hydrogen) atoms. The quantitative estimate of drug-likeness (QED) is 0.736. The van der Waals surface area contributed by atoms with E-state index in [2.05, 4.69) is 5.32 Å². The maximum Gasteiger partial charge on any atom is 0.407 e. The van der Waals surface area contributed by atoms with Crippen molar-refractivity contribution in [3.63, 3.8) is 0 Å².